The molecule has 6 heteroatoms. The van der Waals surface area contributed by atoms with E-state index >= 15 is 0 Å². The molecule has 0 saturated heterocycles. The summed E-state index contributed by atoms with van der Waals surface area (Å²) in [4.78, 5) is 21.6. The lowest BCUT2D eigenvalue weighted by molar-refractivity contribution is -0.142. The van der Waals surface area contributed by atoms with Gasteiger partial charge in [-0.25, -0.2) is 4.79 Å². The molecule has 92 valence electrons. The van der Waals surface area contributed by atoms with Crippen molar-refractivity contribution in [1.82, 2.24) is 0 Å². The Morgan fingerprint density at radius 2 is 1.94 bits per heavy atom. The monoisotopic (exact) mass is 239 g/mol. The van der Waals surface area contributed by atoms with Gasteiger partial charge in [0.1, 0.15) is 16.9 Å². The molecule has 0 amide bonds. The molecule has 0 saturated carbocycles. The predicted octanol–water partition coefficient (Wildman–Crippen LogP) is 0.435. The molecule has 0 aliphatic heterocycles. The van der Waals surface area contributed by atoms with Crippen molar-refractivity contribution in [3.05, 3.63) is 29.3 Å². The quantitative estimate of drug-likeness (QED) is 0.604. The number of aliphatic carboxylic acids is 1. The number of aromatic hydroxyl groups is 1. The Morgan fingerprint density at radius 3 is 2.41 bits per heavy atom. The van der Waals surface area contributed by atoms with Crippen LogP contribution in [0.3, 0.4) is 0 Å². The second kappa shape index (κ2) is 4.42. The maximum Gasteiger partial charge on any atom is 0.339 e. The summed E-state index contributed by atoms with van der Waals surface area (Å²) in [6, 6.07) is 3.86. The first kappa shape index (κ1) is 13.0. The summed E-state index contributed by atoms with van der Waals surface area (Å²) in [6.45, 7) is 1.34. The van der Waals surface area contributed by atoms with Crippen LogP contribution in [-0.2, 0) is 11.2 Å². The van der Waals surface area contributed by atoms with E-state index in [2.05, 4.69) is 0 Å². The lowest BCUT2D eigenvalue weighted by Crippen LogP contribution is -2.46. The zero-order valence-corrected chi connectivity index (χ0v) is 9.17. The maximum atomic E-state index is 10.8. The number of carboxylic acids is 2. The van der Waals surface area contributed by atoms with Crippen LogP contribution in [0.4, 0.5) is 0 Å². The average molecular weight is 239 g/mol. The average Bonchev–Trinajstić information content (AvgIpc) is 2.20. The van der Waals surface area contributed by atoms with Crippen molar-refractivity contribution in [2.45, 2.75) is 18.9 Å². The van der Waals surface area contributed by atoms with E-state index in [1.807, 2.05) is 0 Å². The van der Waals surface area contributed by atoms with Crippen molar-refractivity contribution >= 4 is 11.9 Å². The largest absolute Gasteiger partial charge is 0.507 e. The van der Waals surface area contributed by atoms with Crippen molar-refractivity contribution in [1.29, 1.82) is 0 Å². The van der Waals surface area contributed by atoms with Gasteiger partial charge in [0.05, 0.1) is 0 Å². The molecular formula is C11H13NO5. The predicted molar refractivity (Wildman–Crippen MR) is 59.0 cm³/mol. The van der Waals surface area contributed by atoms with Crippen LogP contribution in [0.1, 0.15) is 22.8 Å². The van der Waals surface area contributed by atoms with Crippen LogP contribution < -0.4 is 5.73 Å². The van der Waals surface area contributed by atoms with Crippen molar-refractivity contribution in [3.63, 3.8) is 0 Å². The number of phenols is 1. The highest BCUT2D eigenvalue weighted by Crippen LogP contribution is 2.21. The zero-order valence-electron chi connectivity index (χ0n) is 9.17. The Hall–Kier alpha value is -2.08. The standard InChI is InChI=1S/C11H13NO5/c1-11(12,10(16)17)5-6-2-3-8(13)7(4-6)9(14)15/h2-4,13H,5,12H2,1H3,(H,14,15)(H,16,17)/t11-/m0/s1. The summed E-state index contributed by atoms with van der Waals surface area (Å²) in [5.74, 6) is -2.82. The molecular weight excluding hydrogens is 226 g/mol. The molecule has 5 N–H and O–H groups in total. The van der Waals surface area contributed by atoms with E-state index in [4.69, 9.17) is 15.9 Å². The Labute approximate surface area is 97.3 Å². The van der Waals surface area contributed by atoms with Crippen LogP contribution in [0.25, 0.3) is 0 Å². The molecule has 17 heavy (non-hydrogen) atoms. The van der Waals surface area contributed by atoms with Gasteiger partial charge in [-0.05, 0) is 24.6 Å². The van der Waals surface area contributed by atoms with E-state index in [1.54, 1.807) is 0 Å². The third kappa shape index (κ3) is 2.94. The van der Waals surface area contributed by atoms with Crippen molar-refractivity contribution < 1.29 is 24.9 Å². The van der Waals surface area contributed by atoms with E-state index < -0.39 is 17.5 Å². The second-order valence-corrected chi connectivity index (χ2v) is 4.06. The highest BCUT2D eigenvalue weighted by molar-refractivity contribution is 5.91. The van der Waals surface area contributed by atoms with E-state index in [1.165, 1.54) is 25.1 Å². The number of carbonyl (C=O) groups is 2. The molecule has 0 fully saturated rings. The number of carboxylic acid groups (broad SMARTS) is 2. The molecule has 0 aliphatic rings. The van der Waals surface area contributed by atoms with Crippen LogP contribution in [0.2, 0.25) is 0 Å². The van der Waals surface area contributed by atoms with Crippen molar-refractivity contribution in [3.8, 4) is 5.75 Å². The molecule has 1 atom stereocenters. The van der Waals surface area contributed by atoms with Crippen LogP contribution >= 0.6 is 0 Å². The highest BCUT2D eigenvalue weighted by atomic mass is 16.4. The lowest BCUT2D eigenvalue weighted by atomic mass is 9.93. The maximum absolute atomic E-state index is 10.8. The number of hydrogen-bond acceptors (Lipinski definition) is 4. The fraction of sp³-hybridized carbons (Fsp3) is 0.273. The minimum atomic E-state index is -1.48. The number of benzene rings is 1. The van der Waals surface area contributed by atoms with E-state index in [0.717, 1.165) is 0 Å². The SMILES string of the molecule is C[C@](N)(Cc1ccc(O)c(C(=O)O)c1)C(=O)O. The summed E-state index contributed by atoms with van der Waals surface area (Å²) in [5.41, 5.74) is 4.23. The van der Waals surface area contributed by atoms with Gasteiger partial charge in [0.25, 0.3) is 0 Å². The van der Waals surface area contributed by atoms with Crippen LogP contribution in [0.15, 0.2) is 18.2 Å². The van der Waals surface area contributed by atoms with Gasteiger partial charge in [0.2, 0.25) is 0 Å². The number of hydrogen-bond donors (Lipinski definition) is 4. The summed E-state index contributed by atoms with van der Waals surface area (Å²) in [5, 5.41) is 26.9. The van der Waals surface area contributed by atoms with E-state index in [0.29, 0.717) is 5.56 Å². The summed E-state index contributed by atoms with van der Waals surface area (Å²) in [6.07, 6.45) is -0.0249. The highest BCUT2D eigenvalue weighted by Gasteiger charge is 2.28. The Balaban J connectivity index is 3.05. The van der Waals surface area contributed by atoms with Crippen molar-refractivity contribution in [2.24, 2.45) is 5.73 Å². The van der Waals surface area contributed by atoms with Gasteiger partial charge in [-0.3, -0.25) is 4.79 Å². The molecule has 0 unspecified atom stereocenters. The topological polar surface area (TPSA) is 121 Å². The van der Waals surface area contributed by atoms with Gasteiger partial charge >= 0.3 is 11.9 Å². The first-order valence-corrected chi connectivity index (χ1v) is 4.81. The van der Waals surface area contributed by atoms with Crippen molar-refractivity contribution in [2.75, 3.05) is 0 Å². The van der Waals surface area contributed by atoms with Gasteiger partial charge in [-0.15, -0.1) is 0 Å². The molecule has 0 spiro atoms. The van der Waals surface area contributed by atoms with Gasteiger partial charge in [-0.1, -0.05) is 6.07 Å². The first-order chi connectivity index (χ1) is 7.74. The summed E-state index contributed by atoms with van der Waals surface area (Å²) >= 11 is 0. The Morgan fingerprint density at radius 1 is 1.35 bits per heavy atom. The first-order valence-electron chi connectivity index (χ1n) is 4.81. The molecule has 6 nitrogen and oxygen atoms in total. The molecule has 0 aliphatic carbocycles. The fourth-order valence-electron chi connectivity index (χ4n) is 1.36. The molecule has 0 radical (unpaired) electrons. The molecule has 0 bridgehead atoms. The second-order valence-electron chi connectivity index (χ2n) is 4.06. The van der Waals surface area contributed by atoms with E-state index in [9.17, 15) is 14.7 Å². The Kier molecular flexibility index (Phi) is 3.38. The van der Waals surface area contributed by atoms with Crippen LogP contribution in [0.5, 0.6) is 5.75 Å². The third-order valence-corrected chi connectivity index (χ3v) is 2.35. The van der Waals surface area contributed by atoms with Gasteiger partial charge < -0.3 is 21.1 Å². The van der Waals surface area contributed by atoms with Crippen LogP contribution in [0, 0.1) is 0 Å². The van der Waals surface area contributed by atoms with E-state index in [-0.39, 0.29) is 17.7 Å². The van der Waals surface area contributed by atoms with Crippen LogP contribution in [-0.4, -0.2) is 32.8 Å². The fourth-order valence-corrected chi connectivity index (χ4v) is 1.36. The molecule has 1 aromatic carbocycles. The molecule has 1 aromatic rings. The third-order valence-electron chi connectivity index (χ3n) is 2.35. The summed E-state index contributed by atoms with van der Waals surface area (Å²) < 4.78 is 0. The Bertz CT molecular complexity index is 467. The molecule has 0 heterocycles. The minimum absolute atomic E-state index is 0.0249. The number of rotatable bonds is 4. The summed E-state index contributed by atoms with van der Waals surface area (Å²) in [7, 11) is 0. The smallest absolute Gasteiger partial charge is 0.339 e. The normalized spacial score (nSPS) is 14.0. The molecule has 0 aromatic heterocycles. The van der Waals surface area contributed by atoms with Gasteiger partial charge in [0, 0.05) is 6.42 Å². The van der Waals surface area contributed by atoms with Gasteiger partial charge in [0.15, 0.2) is 0 Å². The van der Waals surface area contributed by atoms with Gasteiger partial charge in [-0.2, -0.15) is 0 Å². The minimum Gasteiger partial charge on any atom is -0.507 e. The molecule has 1 rings (SSSR count). The number of aromatic carboxylic acids is 1. The lowest BCUT2D eigenvalue weighted by Gasteiger charge is -2.19. The zero-order chi connectivity index (χ0) is 13.2. The number of nitrogens with two attached hydrogens (primary N) is 1.